The average molecular weight is 376 g/mol. The van der Waals surface area contributed by atoms with Gasteiger partial charge in [0.2, 0.25) is 5.95 Å². The summed E-state index contributed by atoms with van der Waals surface area (Å²) in [6, 6.07) is 17.4. The van der Waals surface area contributed by atoms with E-state index in [2.05, 4.69) is 20.6 Å². The fourth-order valence-electron chi connectivity index (χ4n) is 2.76. The first-order chi connectivity index (χ1) is 13.5. The van der Waals surface area contributed by atoms with E-state index in [1.54, 1.807) is 13.2 Å². The van der Waals surface area contributed by atoms with Gasteiger partial charge in [0.1, 0.15) is 11.4 Å². The predicted molar refractivity (Wildman–Crippen MR) is 109 cm³/mol. The number of hydrogen-bond donors (Lipinski definition) is 2. The maximum absolute atomic E-state index is 12.5. The summed E-state index contributed by atoms with van der Waals surface area (Å²) in [6.45, 7) is 4.89. The molecule has 0 spiro atoms. The Morgan fingerprint density at radius 2 is 1.75 bits per heavy atom. The smallest absolute Gasteiger partial charge is 0.270 e. The second-order valence-electron chi connectivity index (χ2n) is 6.53. The lowest BCUT2D eigenvalue weighted by atomic mass is 10.1. The van der Waals surface area contributed by atoms with E-state index >= 15 is 0 Å². The number of anilines is 1. The van der Waals surface area contributed by atoms with Crippen LogP contribution >= 0.6 is 0 Å². The first-order valence-corrected chi connectivity index (χ1v) is 9.10. The highest BCUT2D eigenvalue weighted by Gasteiger charge is 2.11. The van der Waals surface area contributed by atoms with E-state index in [0.29, 0.717) is 24.7 Å². The first kappa shape index (κ1) is 19.4. The topological polar surface area (TPSA) is 76.1 Å². The van der Waals surface area contributed by atoms with Crippen molar-refractivity contribution in [2.24, 2.45) is 0 Å². The highest BCUT2D eigenvalue weighted by Crippen LogP contribution is 2.13. The summed E-state index contributed by atoms with van der Waals surface area (Å²) in [7, 11) is 1.64. The lowest BCUT2D eigenvalue weighted by molar-refractivity contribution is 0.0945. The van der Waals surface area contributed by atoms with Gasteiger partial charge >= 0.3 is 0 Å². The summed E-state index contributed by atoms with van der Waals surface area (Å²) in [5.74, 6) is 1.02. The van der Waals surface area contributed by atoms with Gasteiger partial charge in [-0.3, -0.25) is 4.79 Å². The molecule has 144 valence electrons. The molecule has 0 aliphatic heterocycles. The molecule has 0 fully saturated rings. The highest BCUT2D eigenvalue weighted by atomic mass is 16.5. The minimum Gasteiger partial charge on any atom is -0.497 e. The van der Waals surface area contributed by atoms with E-state index in [0.717, 1.165) is 28.1 Å². The molecule has 0 radical (unpaired) electrons. The van der Waals surface area contributed by atoms with Crippen LogP contribution in [0.3, 0.4) is 0 Å². The molecule has 2 aromatic carbocycles. The fourth-order valence-corrected chi connectivity index (χ4v) is 2.76. The summed E-state index contributed by atoms with van der Waals surface area (Å²) in [6.07, 6.45) is 0. The third-order valence-corrected chi connectivity index (χ3v) is 4.40. The third kappa shape index (κ3) is 5.07. The molecule has 0 aliphatic rings. The standard InChI is InChI=1S/C22H24N4O2/c1-15-6-4-5-7-18(15)14-23-21(27)20-12-16(2)25-22(26-20)24-13-17-8-10-19(28-3)11-9-17/h4-12H,13-14H2,1-3H3,(H,23,27)(H,24,25,26). The van der Waals surface area contributed by atoms with Crippen molar-refractivity contribution in [2.45, 2.75) is 26.9 Å². The van der Waals surface area contributed by atoms with Gasteiger partial charge in [0.25, 0.3) is 5.91 Å². The van der Waals surface area contributed by atoms with Gasteiger partial charge in [-0.05, 0) is 48.7 Å². The first-order valence-electron chi connectivity index (χ1n) is 9.10. The number of amides is 1. The van der Waals surface area contributed by atoms with Crippen molar-refractivity contribution in [1.82, 2.24) is 15.3 Å². The van der Waals surface area contributed by atoms with Gasteiger partial charge in [-0.2, -0.15) is 0 Å². The van der Waals surface area contributed by atoms with E-state index in [1.807, 2.05) is 62.4 Å². The van der Waals surface area contributed by atoms with Crippen molar-refractivity contribution in [1.29, 1.82) is 0 Å². The van der Waals surface area contributed by atoms with E-state index in [4.69, 9.17) is 4.74 Å². The number of aromatic nitrogens is 2. The zero-order valence-corrected chi connectivity index (χ0v) is 16.3. The summed E-state index contributed by atoms with van der Waals surface area (Å²) < 4.78 is 5.16. The van der Waals surface area contributed by atoms with Crippen LogP contribution in [-0.2, 0) is 13.1 Å². The van der Waals surface area contributed by atoms with Gasteiger partial charge in [0.05, 0.1) is 7.11 Å². The lowest BCUT2D eigenvalue weighted by Crippen LogP contribution is -2.25. The van der Waals surface area contributed by atoms with Gasteiger partial charge in [0, 0.05) is 18.8 Å². The Kier molecular flexibility index (Phi) is 6.22. The van der Waals surface area contributed by atoms with Crippen LogP contribution < -0.4 is 15.4 Å². The number of benzene rings is 2. The largest absolute Gasteiger partial charge is 0.497 e. The van der Waals surface area contributed by atoms with Crippen molar-refractivity contribution < 1.29 is 9.53 Å². The van der Waals surface area contributed by atoms with E-state index < -0.39 is 0 Å². The molecule has 6 heteroatoms. The minimum atomic E-state index is -0.221. The number of carbonyl (C=O) groups is 1. The van der Waals surface area contributed by atoms with Crippen molar-refractivity contribution in [3.05, 3.63) is 82.7 Å². The number of carbonyl (C=O) groups excluding carboxylic acids is 1. The Labute approximate surface area is 165 Å². The van der Waals surface area contributed by atoms with E-state index in [-0.39, 0.29) is 5.91 Å². The molecule has 3 aromatic rings. The van der Waals surface area contributed by atoms with Crippen molar-refractivity contribution in [2.75, 3.05) is 12.4 Å². The van der Waals surface area contributed by atoms with Gasteiger partial charge in [-0.25, -0.2) is 9.97 Å². The molecule has 0 aliphatic carbocycles. The molecule has 0 bridgehead atoms. The second-order valence-corrected chi connectivity index (χ2v) is 6.53. The Hall–Kier alpha value is -3.41. The lowest BCUT2D eigenvalue weighted by Gasteiger charge is -2.10. The third-order valence-electron chi connectivity index (χ3n) is 4.40. The number of nitrogens with zero attached hydrogens (tertiary/aromatic N) is 2. The predicted octanol–water partition coefficient (Wildman–Crippen LogP) is 3.64. The molecule has 0 saturated heterocycles. The molecular formula is C22H24N4O2. The van der Waals surface area contributed by atoms with Gasteiger partial charge < -0.3 is 15.4 Å². The van der Waals surface area contributed by atoms with Crippen molar-refractivity contribution in [3.8, 4) is 5.75 Å². The molecule has 2 N–H and O–H groups in total. The number of nitrogens with one attached hydrogen (secondary N) is 2. The number of hydrogen-bond acceptors (Lipinski definition) is 5. The van der Waals surface area contributed by atoms with Crippen LogP contribution in [0, 0.1) is 13.8 Å². The maximum atomic E-state index is 12.5. The zero-order chi connectivity index (χ0) is 19.9. The molecule has 3 rings (SSSR count). The van der Waals surface area contributed by atoms with E-state index in [1.165, 1.54) is 0 Å². The SMILES string of the molecule is COc1ccc(CNc2nc(C)cc(C(=O)NCc3ccccc3C)n2)cc1. The second kappa shape index (κ2) is 8.99. The van der Waals surface area contributed by atoms with Crippen molar-refractivity contribution in [3.63, 3.8) is 0 Å². The molecule has 0 saturated carbocycles. The Bertz CT molecular complexity index is 955. The van der Waals surface area contributed by atoms with Crippen LogP contribution in [0.1, 0.15) is 32.9 Å². The summed E-state index contributed by atoms with van der Waals surface area (Å²) in [4.78, 5) is 21.3. The molecule has 6 nitrogen and oxygen atoms in total. The Morgan fingerprint density at radius 3 is 2.46 bits per heavy atom. The quantitative estimate of drug-likeness (QED) is 0.658. The van der Waals surface area contributed by atoms with E-state index in [9.17, 15) is 4.79 Å². The summed E-state index contributed by atoms with van der Waals surface area (Å²) in [5, 5.41) is 6.10. The molecule has 28 heavy (non-hydrogen) atoms. The summed E-state index contributed by atoms with van der Waals surface area (Å²) >= 11 is 0. The van der Waals surface area contributed by atoms with Crippen LogP contribution in [0.4, 0.5) is 5.95 Å². The van der Waals surface area contributed by atoms with Gasteiger partial charge in [-0.1, -0.05) is 36.4 Å². The molecular weight excluding hydrogens is 352 g/mol. The molecule has 0 atom stereocenters. The average Bonchev–Trinajstić information content (AvgIpc) is 2.71. The van der Waals surface area contributed by atoms with Crippen molar-refractivity contribution >= 4 is 11.9 Å². The number of methoxy groups -OCH3 is 1. The zero-order valence-electron chi connectivity index (χ0n) is 16.3. The molecule has 1 amide bonds. The Morgan fingerprint density at radius 1 is 1.00 bits per heavy atom. The maximum Gasteiger partial charge on any atom is 0.270 e. The monoisotopic (exact) mass is 376 g/mol. The number of ether oxygens (including phenoxy) is 1. The van der Waals surface area contributed by atoms with Crippen LogP contribution in [0.25, 0.3) is 0 Å². The van der Waals surface area contributed by atoms with Gasteiger partial charge in [-0.15, -0.1) is 0 Å². The fraction of sp³-hybridized carbons (Fsp3) is 0.227. The Balaban J connectivity index is 1.64. The normalized spacial score (nSPS) is 10.4. The van der Waals surface area contributed by atoms with Crippen LogP contribution in [0.15, 0.2) is 54.6 Å². The van der Waals surface area contributed by atoms with Crippen LogP contribution in [0.5, 0.6) is 5.75 Å². The summed E-state index contributed by atoms with van der Waals surface area (Å²) in [5.41, 5.74) is 4.37. The van der Waals surface area contributed by atoms with Crippen LogP contribution in [-0.4, -0.2) is 23.0 Å². The number of rotatable bonds is 7. The highest BCUT2D eigenvalue weighted by molar-refractivity contribution is 5.92. The molecule has 1 aromatic heterocycles. The van der Waals surface area contributed by atoms with Crippen LogP contribution in [0.2, 0.25) is 0 Å². The molecule has 1 heterocycles. The number of aryl methyl sites for hydroxylation is 2. The minimum absolute atomic E-state index is 0.221. The molecule has 0 unspecified atom stereocenters. The van der Waals surface area contributed by atoms with Gasteiger partial charge in [0.15, 0.2) is 0 Å².